The number of aliphatic hydroxyl groups is 1. The Kier molecular flexibility index (Phi) is 4.22. The second kappa shape index (κ2) is 5.69. The standard InChI is InChI=1S/C13H9BrClFO2/c14-10-6-9(5-4-8(10)7-17)18-12-3-1-2-11(15)13(12)16/h1-6,17H,7H2. The summed E-state index contributed by atoms with van der Waals surface area (Å²) in [5, 5.41) is 9.04. The summed E-state index contributed by atoms with van der Waals surface area (Å²) in [4.78, 5) is 0. The van der Waals surface area contributed by atoms with E-state index in [9.17, 15) is 4.39 Å². The molecule has 2 aromatic carbocycles. The monoisotopic (exact) mass is 330 g/mol. The smallest absolute Gasteiger partial charge is 0.184 e. The molecule has 0 aliphatic rings. The van der Waals surface area contributed by atoms with Crippen LogP contribution >= 0.6 is 27.5 Å². The van der Waals surface area contributed by atoms with Crippen molar-refractivity contribution in [1.82, 2.24) is 0 Å². The number of aliphatic hydroxyl groups excluding tert-OH is 1. The molecule has 2 nitrogen and oxygen atoms in total. The zero-order chi connectivity index (χ0) is 13.1. The summed E-state index contributed by atoms with van der Waals surface area (Å²) < 4.78 is 19.7. The van der Waals surface area contributed by atoms with Gasteiger partial charge in [-0.15, -0.1) is 0 Å². The summed E-state index contributed by atoms with van der Waals surface area (Å²) in [6.45, 7) is -0.0770. The topological polar surface area (TPSA) is 29.5 Å². The lowest BCUT2D eigenvalue weighted by atomic mass is 10.2. The van der Waals surface area contributed by atoms with E-state index in [1.165, 1.54) is 12.1 Å². The molecule has 0 saturated heterocycles. The predicted octanol–water partition coefficient (Wildman–Crippen LogP) is 4.53. The molecule has 0 fully saturated rings. The molecule has 0 aliphatic carbocycles. The Hall–Kier alpha value is -1.10. The average Bonchev–Trinajstić information content (AvgIpc) is 2.35. The van der Waals surface area contributed by atoms with E-state index in [1.807, 2.05) is 0 Å². The summed E-state index contributed by atoms with van der Waals surface area (Å²) in [5.41, 5.74) is 0.730. The third-order valence-corrected chi connectivity index (χ3v) is 3.37. The van der Waals surface area contributed by atoms with Crippen LogP contribution in [0, 0.1) is 5.82 Å². The summed E-state index contributed by atoms with van der Waals surface area (Å²) in [6, 6.07) is 9.56. The van der Waals surface area contributed by atoms with E-state index in [0.29, 0.717) is 10.2 Å². The van der Waals surface area contributed by atoms with Crippen LogP contribution in [-0.4, -0.2) is 5.11 Å². The highest BCUT2D eigenvalue weighted by molar-refractivity contribution is 9.10. The van der Waals surface area contributed by atoms with Crippen molar-refractivity contribution < 1.29 is 14.2 Å². The number of rotatable bonds is 3. The molecule has 0 spiro atoms. The van der Waals surface area contributed by atoms with Gasteiger partial charge in [-0.3, -0.25) is 0 Å². The van der Waals surface area contributed by atoms with E-state index in [0.717, 1.165) is 5.56 Å². The van der Waals surface area contributed by atoms with Crippen LogP contribution in [0.5, 0.6) is 11.5 Å². The first kappa shape index (κ1) is 13.3. The van der Waals surface area contributed by atoms with Gasteiger partial charge < -0.3 is 9.84 Å². The lowest BCUT2D eigenvalue weighted by molar-refractivity contribution is 0.281. The third kappa shape index (κ3) is 2.83. The summed E-state index contributed by atoms with van der Waals surface area (Å²) in [6.07, 6.45) is 0. The Labute approximate surface area is 117 Å². The van der Waals surface area contributed by atoms with Crippen LogP contribution in [0.4, 0.5) is 4.39 Å². The highest BCUT2D eigenvalue weighted by Gasteiger charge is 2.09. The highest BCUT2D eigenvalue weighted by Crippen LogP contribution is 2.31. The Morgan fingerprint density at radius 1 is 1.28 bits per heavy atom. The molecule has 0 aromatic heterocycles. The van der Waals surface area contributed by atoms with E-state index in [2.05, 4.69) is 15.9 Å². The van der Waals surface area contributed by atoms with Crippen molar-refractivity contribution in [3.63, 3.8) is 0 Å². The molecule has 0 unspecified atom stereocenters. The first-order valence-electron chi connectivity index (χ1n) is 5.13. The quantitative estimate of drug-likeness (QED) is 0.895. The zero-order valence-electron chi connectivity index (χ0n) is 9.16. The van der Waals surface area contributed by atoms with Crippen LogP contribution in [0.3, 0.4) is 0 Å². The van der Waals surface area contributed by atoms with Gasteiger partial charge in [-0.2, -0.15) is 0 Å². The van der Waals surface area contributed by atoms with Gasteiger partial charge in [-0.1, -0.05) is 39.7 Å². The number of benzene rings is 2. The third-order valence-electron chi connectivity index (χ3n) is 2.34. The van der Waals surface area contributed by atoms with Gasteiger partial charge in [0.15, 0.2) is 11.6 Å². The van der Waals surface area contributed by atoms with Gasteiger partial charge in [-0.25, -0.2) is 4.39 Å². The van der Waals surface area contributed by atoms with Crippen LogP contribution in [-0.2, 0) is 6.61 Å². The van der Waals surface area contributed by atoms with E-state index in [4.69, 9.17) is 21.4 Å². The highest BCUT2D eigenvalue weighted by atomic mass is 79.9. The van der Waals surface area contributed by atoms with Crippen LogP contribution in [0.2, 0.25) is 5.02 Å². The number of halogens is 3. The van der Waals surface area contributed by atoms with Crippen molar-refractivity contribution >= 4 is 27.5 Å². The average molecular weight is 332 g/mol. The fraction of sp³-hybridized carbons (Fsp3) is 0.0769. The van der Waals surface area contributed by atoms with Gasteiger partial charge in [-0.05, 0) is 29.8 Å². The molecule has 2 rings (SSSR count). The Morgan fingerprint density at radius 3 is 2.72 bits per heavy atom. The van der Waals surface area contributed by atoms with Crippen LogP contribution in [0.15, 0.2) is 40.9 Å². The minimum absolute atomic E-state index is 0.0125. The fourth-order valence-electron chi connectivity index (χ4n) is 1.41. The summed E-state index contributed by atoms with van der Waals surface area (Å²) >= 11 is 8.96. The molecule has 2 aromatic rings. The summed E-state index contributed by atoms with van der Waals surface area (Å²) in [7, 11) is 0. The molecule has 0 saturated carbocycles. The molecule has 5 heteroatoms. The first-order valence-corrected chi connectivity index (χ1v) is 6.30. The molecule has 0 radical (unpaired) electrons. The molecule has 0 bridgehead atoms. The predicted molar refractivity (Wildman–Crippen MR) is 71.5 cm³/mol. The number of hydrogen-bond donors (Lipinski definition) is 1. The molecular weight excluding hydrogens is 322 g/mol. The van der Waals surface area contributed by atoms with Gasteiger partial charge in [0.05, 0.1) is 11.6 Å². The molecule has 0 heterocycles. The minimum Gasteiger partial charge on any atom is -0.454 e. The van der Waals surface area contributed by atoms with Gasteiger partial charge in [0.2, 0.25) is 0 Å². The van der Waals surface area contributed by atoms with E-state index >= 15 is 0 Å². The van der Waals surface area contributed by atoms with Crippen LogP contribution < -0.4 is 4.74 Å². The molecular formula is C13H9BrClFO2. The van der Waals surface area contributed by atoms with Gasteiger partial charge >= 0.3 is 0 Å². The zero-order valence-corrected chi connectivity index (χ0v) is 11.5. The number of hydrogen-bond acceptors (Lipinski definition) is 2. The number of ether oxygens (including phenoxy) is 1. The second-order valence-electron chi connectivity index (χ2n) is 3.57. The molecule has 18 heavy (non-hydrogen) atoms. The fourth-order valence-corrected chi connectivity index (χ4v) is 2.06. The molecule has 0 atom stereocenters. The molecule has 0 amide bonds. The van der Waals surface area contributed by atoms with E-state index in [-0.39, 0.29) is 17.4 Å². The molecule has 0 aliphatic heterocycles. The van der Waals surface area contributed by atoms with Gasteiger partial charge in [0, 0.05) is 4.47 Å². The van der Waals surface area contributed by atoms with Crippen molar-refractivity contribution in [1.29, 1.82) is 0 Å². The Balaban J connectivity index is 2.29. The molecule has 1 N–H and O–H groups in total. The maximum atomic E-state index is 13.6. The maximum absolute atomic E-state index is 13.6. The van der Waals surface area contributed by atoms with Crippen molar-refractivity contribution in [2.24, 2.45) is 0 Å². The second-order valence-corrected chi connectivity index (χ2v) is 4.83. The van der Waals surface area contributed by atoms with E-state index < -0.39 is 5.82 Å². The Bertz CT molecular complexity index is 575. The van der Waals surface area contributed by atoms with Crippen LogP contribution in [0.25, 0.3) is 0 Å². The van der Waals surface area contributed by atoms with Crippen molar-refractivity contribution in [3.8, 4) is 11.5 Å². The Morgan fingerprint density at radius 2 is 2.06 bits per heavy atom. The van der Waals surface area contributed by atoms with Gasteiger partial charge in [0.25, 0.3) is 0 Å². The van der Waals surface area contributed by atoms with E-state index in [1.54, 1.807) is 24.3 Å². The SMILES string of the molecule is OCc1ccc(Oc2cccc(Cl)c2F)cc1Br. The lowest BCUT2D eigenvalue weighted by Gasteiger charge is -2.09. The van der Waals surface area contributed by atoms with Crippen molar-refractivity contribution in [3.05, 3.63) is 57.3 Å². The summed E-state index contributed by atoms with van der Waals surface area (Å²) in [5.74, 6) is -0.0760. The lowest BCUT2D eigenvalue weighted by Crippen LogP contribution is -1.91. The minimum atomic E-state index is -0.596. The van der Waals surface area contributed by atoms with Crippen molar-refractivity contribution in [2.75, 3.05) is 0 Å². The largest absolute Gasteiger partial charge is 0.454 e. The van der Waals surface area contributed by atoms with Crippen molar-refractivity contribution in [2.45, 2.75) is 6.61 Å². The normalized spacial score (nSPS) is 10.4. The van der Waals surface area contributed by atoms with Gasteiger partial charge in [0.1, 0.15) is 5.75 Å². The maximum Gasteiger partial charge on any atom is 0.184 e. The first-order chi connectivity index (χ1) is 8.61. The van der Waals surface area contributed by atoms with Crippen LogP contribution in [0.1, 0.15) is 5.56 Å². The molecule has 94 valence electrons.